The Morgan fingerprint density at radius 3 is 2.38 bits per heavy atom. The molecule has 7 heteroatoms. The van der Waals surface area contributed by atoms with Gasteiger partial charge in [-0.1, -0.05) is 26.7 Å². The van der Waals surface area contributed by atoms with Crippen molar-refractivity contribution in [1.82, 2.24) is 10.2 Å². The van der Waals surface area contributed by atoms with Crippen LogP contribution in [0, 0.1) is 11.3 Å². The summed E-state index contributed by atoms with van der Waals surface area (Å²) in [5, 5.41) is 12.3. The number of carbonyl (C=O) groups excluding carboxylic acids is 2. The molecule has 1 aliphatic carbocycles. The number of carboxylic acids is 1. The van der Waals surface area contributed by atoms with Crippen LogP contribution in [-0.4, -0.2) is 52.0 Å². The molecule has 0 radical (unpaired) electrons. The van der Waals surface area contributed by atoms with E-state index in [1.807, 2.05) is 13.8 Å². The molecule has 2 aliphatic rings. The Kier molecular flexibility index (Phi) is 6.54. The molecule has 1 heterocycles. The number of carbonyl (C=O) groups is 3. The summed E-state index contributed by atoms with van der Waals surface area (Å²) < 4.78 is 0. The van der Waals surface area contributed by atoms with Gasteiger partial charge in [-0.2, -0.15) is 0 Å². The van der Waals surface area contributed by atoms with Gasteiger partial charge < -0.3 is 15.3 Å². The van der Waals surface area contributed by atoms with Crippen LogP contribution in [0.15, 0.2) is 0 Å². The lowest BCUT2D eigenvalue weighted by molar-refractivity contribution is -0.150. The van der Waals surface area contributed by atoms with Crippen molar-refractivity contribution in [3.63, 3.8) is 0 Å². The minimum Gasteiger partial charge on any atom is -0.481 e. The Balaban J connectivity index is 1.97. The van der Waals surface area contributed by atoms with Crippen molar-refractivity contribution in [2.45, 2.75) is 58.4 Å². The molecule has 0 bridgehead atoms. The minimum atomic E-state index is -0.929. The van der Waals surface area contributed by atoms with E-state index in [0.29, 0.717) is 24.5 Å². The zero-order valence-electron chi connectivity index (χ0n) is 14.5. The van der Waals surface area contributed by atoms with E-state index in [2.05, 4.69) is 5.32 Å². The molecule has 1 unspecified atom stereocenters. The molecule has 1 saturated carbocycles. The maximum absolute atomic E-state index is 12.6. The topological polar surface area (TPSA) is 86.7 Å². The molecule has 1 saturated heterocycles. The predicted octanol–water partition coefficient (Wildman–Crippen LogP) is 2.09. The summed E-state index contributed by atoms with van der Waals surface area (Å²) in [4.78, 5) is 38.4. The van der Waals surface area contributed by atoms with E-state index in [4.69, 9.17) is 0 Å². The molecular formula is C17H28N2O4S. The van der Waals surface area contributed by atoms with Gasteiger partial charge in [-0.15, -0.1) is 11.8 Å². The van der Waals surface area contributed by atoms with Crippen molar-refractivity contribution >= 4 is 29.5 Å². The second-order valence-corrected chi connectivity index (χ2v) is 7.82. The number of aliphatic carboxylic acids is 1. The van der Waals surface area contributed by atoms with Crippen molar-refractivity contribution in [2.75, 3.05) is 18.2 Å². The van der Waals surface area contributed by atoms with Gasteiger partial charge in [0.15, 0.2) is 0 Å². The Morgan fingerprint density at radius 1 is 1.21 bits per heavy atom. The van der Waals surface area contributed by atoms with Crippen LogP contribution in [0.3, 0.4) is 0 Å². The summed E-state index contributed by atoms with van der Waals surface area (Å²) in [6, 6.07) is -0.469. The highest BCUT2D eigenvalue weighted by molar-refractivity contribution is 7.99. The van der Waals surface area contributed by atoms with Crippen LogP contribution in [0.25, 0.3) is 0 Å². The summed E-state index contributed by atoms with van der Waals surface area (Å²) in [5.41, 5.74) is -0.929. The first-order valence-electron chi connectivity index (χ1n) is 8.84. The quantitative estimate of drug-likeness (QED) is 0.729. The molecule has 2 N–H and O–H groups in total. The highest BCUT2D eigenvalue weighted by Crippen LogP contribution is 2.31. The number of hydrogen-bond donors (Lipinski definition) is 2. The van der Waals surface area contributed by atoms with Crippen molar-refractivity contribution < 1.29 is 19.5 Å². The lowest BCUT2D eigenvalue weighted by atomic mass is 9.82. The van der Waals surface area contributed by atoms with Gasteiger partial charge in [-0.05, 0) is 25.7 Å². The summed E-state index contributed by atoms with van der Waals surface area (Å²) in [6.45, 7) is 3.76. The third kappa shape index (κ3) is 3.87. The second-order valence-electron chi connectivity index (χ2n) is 6.82. The maximum atomic E-state index is 12.6. The molecule has 1 aliphatic heterocycles. The van der Waals surface area contributed by atoms with E-state index < -0.39 is 17.4 Å². The molecule has 6 nitrogen and oxygen atoms in total. The van der Waals surface area contributed by atoms with Crippen LogP contribution < -0.4 is 5.32 Å². The minimum absolute atomic E-state index is 0.0587. The SMILES string of the molecule is CCC(CC)(CNC(=O)C1CSCN1C(=O)C1CCCC1)C(=O)O. The summed E-state index contributed by atoms with van der Waals surface area (Å²) in [6.07, 6.45) is 4.93. The van der Waals surface area contributed by atoms with Crippen LogP contribution in [0.4, 0.5) is 0 Å². The molecule has 0 aromatic heterocycles. The fraction of sp³-hybridized carbons (Fsp3) is 0.824. The molecule has 1 atom stereocenters. The highest BCUT2D eigenvalue weighted by Gasteiger charge is 2.40. The zero-order valence-corrected chi connectivity index (χ0v) is 15.4. The Labute approximate surface area is 147 Å². The number of nitrogens with one attached hydrogen (secondary N) is 1. The van der Waals surface area contributed by atoms with Gasteiger partial charge in [0.2, 0.25) is 11.8 Å². The molecule has 0 aromatic rings. The molecule has 2 fully saturated rings. The smallest absolute Gasteiger partial charge is 0.311 e. The number of amides is 2. The standard InChI is InChI=1S/C17H28N2O4S/c1-3-17(4-2,16(22)23)10-18-14(20)13-9-24-11-19(13)15(21)12-7-5-6-8-12/h12-13H,3-11H2,1-2H3,(H,18,20)(H,22,23). The van der Waals surface area contributed by atoms with Crippen LogP contribution in [0.5, 0.6) is 0 Å². The third-order valence-corrected chi connectivity index (χ3v) is 6.59. The largest absolute Gasteiger partial charge is 0.481 e. The summed E-state index contributed by atoms with van der Waals surface area (Å²) in [7, 11) is 0. The maximum Gasteiger partial charge on any atom is 0.311 e. The van der Waals surface area contributed by atoms with Gasteiger partial charge in [0.25, 0.3) is 0 Å². The van der Waals surface area contributed by atoms with Gasteiger partial charge in [-0.3, -0.25) is 14.4 Å². The van der Waals surface area contributed by atoms with Crippen LogP contribution in [0.2, 0.25) is 0 Å². The van der Waals surface area contributed by atoms with Crippen molar-refractivity contribution in [1.29, 1.82) is 0 Å². The first-order valence-corrected chi connectivity index (χ1v) is 10.00. The number of rotatable bonds is 7. The fourth-order valence-electron chi connectivity index (χ4n) is 3.54. The fourth-order valence-corrected chi connectivity index (χ4v) is 4.70. The third-order valence-electron chi connectivity index (χ3n) is 5.58. The molecule has 24 heavy (non-hydrogen) atoms. The number of hydrogen-bond acceptors (Lipinski definition) is 4. The van der Waals surface area contributed by atoms with Crippen molar-refractivity contribution in [2.24, 2.45) is 11.3 Å². The lowest BCUT2D eigenvalue weighted by Crippen LogP contribution is -2.51. The molecule has 0 aromatic carbocycles. The Hall–Kier alpha value is -1.24. The predicted molar refractivity (Wildman–Crippen MR) is 93.6 cm³/mol. The zero-order chi connectivity index (χ0) is 17.7. The first kappa shape index (κ1) is 19.1. The van der Waals surface area contributed by atoms with Gasteiger partial charge in [0.05, 0.1) is 11.3 Å². The van der Waals surface area contributed by atoms with Crippen molar-refractivity contribution in [3.8, 4) is 0 Å². The van der Waals surface area contributed by atoms with Gasteiger partial charge in [0, 0.05) is 18.2 Å². The number of nitrogens with zero attached hydrogens (tertiary/aromatic N) is 1. The van der Waals surface area contributed by atoms with Crippen LogP contribution in [0.1, 0.15) is 52.4 Å². The Morgan fingerprint density at radius 2 is 1.83 bits per heavy atom. The second kappa shape index (κ2) is 8.23. The van der Waals surface area contributed by atoms with Crippen molar-refractivity contribution in [3.05, 3.63) is 0 Å². The molecular weight excluding hydrogens is 328 g/mol. The van der Waals surface area contributed by atoms with E-state index >= 15 is 0 Å². The Bertz CT molecular complexity index is 487. The molecule has 136 valence electrons. The van der Waals surface area contributed by atoms with Gasteiger partial charge in [0.1, 0.15) is 6.04 Å². The monoisotopic (exact) mass is 356 g/mol. The van der Waals surface area contributed by atoms with Crippen LogP contribution >= 0.6 is 11.8 Å². The van der Waals surface area contributed by atoms with E-state index in [9.17, 15) is 19.5 Å². The first-order chi connectivity index (χ1) is 11.4. The van der Waals surface area contributed by atoms with Gasteiger partial charge >= 0.3 is 5.97 Å². The molecule has 2 amide bonds. The average Bonchev–Trinajstić information content (AvgIpc) is 3.26. The summed E-state index contributed by atoms with van der Waals surface area (Å²) >= 11 is 1.58. The van der Waals surface area contributed by atoms with Crippen LogP contribution in [-0.2, 0) is 14.4 Å². The average molecular weight is 356 g/mol. The van der Waals surface area contributed by atoms with Gasteiger partial charge in [-0.25, -0.2) is 0 Å². The van der Waals surface area contributed by atoms with E-state index in [0.717, 1.165) is 25.7 Å². The van der Waals surface area contributed by atoms with E-state index in [-0.39, 0.29) is 24.3 Å². The number of carboxylic acid groups (broad SMARTS) is 1. The normalized spacial score (nSPS) is 21.9. The summed E-state index contributed by atoms with van der Waals surface area (Å²) in [5.74, 6) is 0.185. The van der Waals surface area contributed by atoms with E-state index in [1.165, 1.54) is 0 Å². The van der Waals surface area contributed by atoms with E-state index in [1.54, 1.807) is 16.7 Å². The molecule has 0 spiro atoms. The molecule has 2 rings (SSSR count). The lowest BCUT2D eigenvalue weighted by Gasteiger charge is -2.29. The number of thioether (sulfide) groups is 1. The highest BCUT2D eigenvalue weighted by atomic mass is 32.2.